The standard InChI is InChI=1S/C19H18N4O6S/c1-29-19(26)15-12-7-3-5-9-14(12)30-18(15)21-16(24)17(25)22-20-10-11-6-2-4-8-13(11)23(27)28/h2,4,6,8,10H,3,5,7,9H2,1H3,(H,21,24)(H,22,25). The van der Waals surface area contributed by atoms with Gasteiger partial charge < -0.3 is 10.1 Å². The highest BCUT2D eigenvalue weighted by molar-refractivity contribution is 7.17. The number of methoxy groups -OCH3 is 1. The minimum atomic E-state index is -1.08. The number of benzene rings is 1. The molecule has 0 unspecified atom stereocenters. The lowest BCUT2D eigenvalue weighted by atomic mass is 9.95. The summed E-state index contributed by atoms with van der Waals surface area (Å²) in [5.74, 6) is -2.66. The second kappa shape index (κ2) is 9.27. The van der Waals surface area contributed by atoms with Crippen LogP contribution in [0.5, 0.6) is 0 Å². The largest absolute Gasteiger partial charge is 0.465 e. The molecule has 1 aliphatic carbocycles. The quantitative estimate of drug-likeness (QED) is 0.245. The molecule has 1 heterocycles. The molecule has 2 aromatic rings. The van der Waals surface area contributed by atoms with Crippen LogP contribution in [0.3, 0.4) is 0 Å². The van der Waals surface area contributed by atoms with Crippen LogP contribution in [-0.2, 0) is 27.2 Å². The maximum atomic E-state index is 12.3. The van der Waals surface area contributed by atoms with E-state index >= 15 is 0 Å². The first-order valence-electron chi connectivity index (χ1n) is 9.03. The second-order valence-electron chi connectivity index (χ2n) is 6.38. The van der Waals surface area contributed by atoms with Crippen LogP contribution < -0.4 is 10.7 Å². The number of para-hydroxylation sites is 1. The number of anilines is 1. The number of thiophene rings is 1. The van der Waals surface area contributed by atoms with Gasteiger partial charge in [0.25, 0.3) is 5.69 Å². The summed E-state index contributed by atoms with van der Waals surface area (Å²) in [5, 5.41) is 17.3. The summed E-state index contributed by atoms with van der Waals surface area (Å²) in [6.45, 7) is 0. The number of carbonyl (C=O) groups is 3. The summed E-state index contributed by atoms with van der Waals surface area (Å²) in [7, 11) is 1.25. The number of hydrogen-bond acceptors (Lipinski definition) is 8. The highest BCUT2D eigenvalue weighted by Gasteiger charge is 2.28. The molecule has 156 valence electrons. The Bertz CT molecular complexity index is 1050. The molecule has 0 spiro atoms. The van der Waals surface area contributed by atoms with Crippen LogP contribution in [0, 0.1) is 10.1 Å². The van der Waals surface area contributed by atoms with Gasteiger partial charge in [0.15, 0.2) is 0 Å². The molecule has 2 N–H and O–H groups in total. The van der Waals surface area contributed by atoms with E-state index in [9.17, 15) is 24.5 Å². The van der Waals surface area contributed by atoms with Crippen LogP contribution in [0.25, 0.3) is 0 Å². The predicted molar refractivity (Wildman–Crippen MR) is 110 cm³/mol. The fourth-order valence-corrected chi connectivity index (χ4v) is 4.38. The van der Waals surface area contributed by atoms with Gasteiger partial charge >= 0.3 is 17.8 Å². The minimum absolute atomic E-state index is 0.169. The molecule has 10 nitrogen and oxygen atoms in total. The summed E-state index contributed by atoms with van der Waals surface area (Å²) >= 11 is 1.25. The van der Waals surface area contributed by atoms with Crippen molar-refractivity contribution in [2.24, 2.45) is 5.10 Å². The Kier molecular flexibility index (Phi) is 6.52. The summed E-state index contributed by atoms with van der Waals surface area (Å²) in [6, 6.07) is 5.83. The number of nitrogens with one attached hydrogen (secondary N) is 2. The van der Waals surface area contributed by atoms with E-state index in [4.69, 9.17) is 4.74 Å². The zero-order valence-corrected chi connectivity index (χ0v) is 16.8. The smallest absolute Gasteiger partial charge is 0.341 e. The third-order valence-corrected chi connectivity index (χ3v) is 5.70. The van der Waals surface area contributed by atoms with Gasteiger partial charge in [0.2, 0.25) is 0 Å². The van der Waals surface area contributed by atoms with Gasteiger partial charge in [0.1, 0.15) is 5.00 Å². The number of esters is 1. The molecule has 0 saturated carbocycles. The van der Waals surface area contributed by atoms with E-state index in [1.165, 1.54) is 36.6 Å². The van der Waals surface area contributed by atoms with Crippen molar-refractivity contribution in [3.63, 3.8) is 0 Å². The molecule has 1 aliphatic rings. The van der Waals surface area contributed by atoms with E-state index in [-0.39, 0.29) is 21.8 Å². The van der Waals surface area contributed by atoms with E-state index < -0.39 is 22.7 Å². The molecular weight excluding hydrogens is 412 g/mol. The van der Waals surface area contributed by atoms with Gasteiger partial charge in [-0.1, -0.05) is 12.1 Å². The second-order valence-corrected chi connectivity index (χ2v) is 7.48. The lowest BCUT2D eigenvalue weighted by Gasteiger charge is -2.11. The van der Waals surface area contributed by atoms with Gasteiger partial charge in [-0.2, -0.15) is 5.10 Å². The van der Waals surface area contributed by atoms with Gasteiger partial charge in [0, 0.05) is 10.9 Å². The average molecular weight is 430 g/mol. The topological polar surface area (TPSA) is 140 Å². The summed E-state index contributed by atoms with van der Waals surface area (Å²) < 4.78 is 4.83. The zero-order chi connectivity index (χ0) is 21.7. The molecule has 0 atom stereocenters. The van der Waals surface area contributed by atoms with Crippen LogP contribution >= 0.6 is 11.3 Å². The van der Waals surface area contributed by atoms with Crippen LogP contribution in [0.4, 0.5) is 10.7 Å². The van der Waals surface area contributed by atoms with Crippen molar-refractivity contribution in [2.45, 2.75) is 25.7 Å². The SMILES string of the molecule is COC(=O)c1c(NC(=O)C(=O)NN=Cc2ccccc2[N+](=O)[O-])sc2c1CCCC2. The van der Waals surface area contributed by atoms with E-state index in [0.717, 1.165) is 35.9 Å². The van der Waals surface area contributed by atoms with Gasteiger partial charge in [-0.05, 0) is 37.3 Å². The summed E-state index contributed by atoms with van der Waals surface area (Å²) in [6.07, 6.45) is 4.50. The Hall–Kier alpha value is -3.60. The molecule has 0 bridgehead atoms. The predicted octanol–water partition coefficient (Wildman–Crippen LogP) is 2.41. The van der Waals surface area contributed by atoms with Gasteiger partial charge in [-0.3, -0.25) is 19.7 Å². The first-order chi connectivity index (χ1) is 14.4. The highest BCUT2D eigenvalue weighted by Crippen LogP contribution is 2.38. The van der Waals surface area contributed by atoms with E-state index in [1.54, 1.807) is 6.07 Å². The third-order valence-electron chi connectivity index (χ3n) is 4.50. The molecule has 2 amide bonds. The molecule has 11 heteroatoms. The van der Waals surface area contributed by atoms with Gasteiger partial charge in [-0.15, -0.1) is 11.3 Å². The Morgan fingerprint density at radius 3 is 2.67 bits per heavy atom. The number of nitro benzene ring substituents is 1. The number of fused-ring (bicyclic) bond motifs is 1. The number of hydrazone groups is 1. The number of rotatable bonds is 5. The van der Waals surface area contributed by atoms with Gasteiger partial charge in [-0.25, -0.2) is 10.2 Å². The molecule has 30 heavy (non-hydrogen) atoms. The number of nitro groups is 1. The number of carbonyl (C=O) groups excluding carboxylic acids is 3. The Labute approximate surface area is 175 Å². The molecule has 0 radical (unpaired) electrons. The molecule has 0 saturated heterocycles. The first-order valence-corrected chi connectivity index (χ1v) is 9.84. The van der Waals surface area contributed by atoms with Crippen LogP contribution in [0.1, 0.15) is 39.2 Å². The van der Waals surface area contributed by atoms with Crippen molar-refractivity contribution >= 4 is 46.0 Å². The third kappa shape index (κ3) is 4.51. The fourth-order valence-electron chi connectivity index (χ4n) is 3.11. The average Bonchev–Trinajstić information content (AvgIpc) is 3.11. The van der Waals surface area contributed by atoms with Crippen molar-refractivity contribution in [3.8, 4) is 0 Å². The Morgan fingerprint density at radius 1 is 1.20 bits per heavy atom. The first kappa shape index (κ1) is 21.1. The molecular formula is C19H18N4O6S. The number of nitrogens with zero attached hydrogens (tertiary/aromatic N) is 2. The maximum Gasteiger partial charge on any atom is 0.341 e. The number of aryl methyl sites for hydroxylation is 1. The number of hydrogen-bond donors (Lipinski definition) is 2. The summed E-state index contributed by atoms with van der Waals surface area (Å²) in [4.78, 5) is 47.9. The van der Waals surface area contributed by atoms with Gasteiger partial charge in [0.05, 0.1) is 29.4 Å². The Balaban J connectivity index is 1.71. The highest BCUT2D eigenvalue weighted by atomic mass is 32.1. The minimum Gasteiger partial charge on any atom is -0.465 e. The molecule has 3 rings (SSSR count). The molecule has 0 aliphatic heterocycles. The van der Waals surface area contributed by atoms with Crippen molar-refractivity contribution in [1.82, 2.24) is 5.43 Å². The number of amides is 2. The van der Waals surface area contributed by atoms with Crippen LogP contribution in [0.15, 0.2) is 29.4 Å². The van der Waals surface area contributed by atoms with E-state index in [1.807, 2.05) is 5.43 Å². The maximum absolute atomic E-state index is 12.3. The van der Waals surface area contributed by atoms with Crippen molar-refractivity contribution < 1.29 is 24.0 Å². The van der Waals surface area contributed by atoms with Crippen LogP contribution in [0.2, 0.25) is 0 Å². The van der Waals surface area contributed by atoms with Crippen molar-refractivity contribution in [1.29, 1.82) is 0 Å². The number of ether oxygens (including phenoxy) is 1. The van der Waals surface area contributed by atoms with Crippen LogP contribution in [-0.4, -0.2) is 36.0 Å². The molecule has 0 fully saturated rings. The monoisotopic (exact) mass is 430 g/mol. The molecule has 1 aromatic carbocycles. The summed E-state index contributed by atoms with van der Waals surface area (Å²) in [5.41, 5.74) is 3.14. The zero-order valence-electron chi connectivity index (χ0n) is 16.0. The Morgan fingerprint density at radius 2 is 1.93 bits per heavy atom. The lowest BCUT2D eigenvalue weighted by Crippen LogP contribution is -2.32. The normalized spacial score (nSPS) is 12.8. The van der Waals surface area contributed by atoms with Crippen molar-refractivity contribution in [3.05, 3.63) is 55.9 Å². The van der Waals surface area contributed by atoms with E-state index in [0.29, 0.717) is 6.42 Å². The lowest BCUT2D eigenvalue weighted by molar-refractivity contribution is -0.385. The molecule has 1 aromatic heterocycles. The van der Waals surface area contributed by atoms with Crippen molar-refractivity contribution in [2.75, 3.05) is 12.4 Å². The fraction of sp³-hybridized carbons (Fsp3) is 0.263. The van der Waals surface area contributed by atoms with E-state index in [2.05, 4.69) is 10.4 Å².